The van der Waals surface area contributed by atoms with E-state index in [4.69, 9.17) is 0 Å². The monoisotopic (exact) mass is 387 g/mol. The molecule has 1 aliphatic heterocycles. The first kappa shape index (κ1) is 21.9. The molecule has 0 spiro atoms. The molecule has 154 valence electrons. The van der Waals surface area contributed by atoms with Gasteiger partial charge in [0.1, 0.15) is 0 Å². The summed E-state index contributed by atoms with van der Waals surface area (Å²) in [6, 6.07) is 5.40. The quantitative estimate of drug-likeness (QED) is 0.704. The molecule has 1 aliphatic rings. The summed E-state index contributed by atoms with van der Waals surface area (Å²) in [5.74, 6) is -0.153. The van der Waals surface area contributed by atoms with Crippen molar-refractivity contribution >= 4 is 23.4 Å². The highest BCUT2D eigenvalue weighted by Gasteiger charge is 2.22. The highest BCUT2D eigenvalue weighted by Crippen LogP contribution is 2.22. The van der Waals surface area contributed by atoms with E-state index in [2.05, 4.69) is 5.32 Å². The molecule has 0 aromatic heterocycles. The molecule has 2 rings (SSSR count). The molecule has 1 saturated heterocycles. The summed E-state index contributed by atoms with van der Waals surface area (Å²) in [5, 5.41) is 2.87. The number of carbonyl (C=O) groups excluding carboxylic acids is 3. The summed E-state index contributed by atoms with van der Waals surface area (Å²) in [7, 11) is 0. The summed E-state index contributed by atoms with van der Waals surface area (Å²) < 4.78 is 0. The van der Waals surface area contributed by atoms with Crippen molar-refractivity contribution in [3.63, 3.8) is 0 Å². The second kappa shape index (κ2) is 10.8. The van der Waals surface area contributed by atoms with E-state index in [9.17, 15) is 14.4 Å². The van der Waals surface area contributed by atoms with Crippen LogP contribution in [0.25, 0.3) is 0 Å². The third-order valence-electron chi connectivity index (χ3n) is 5.14. The van der Waals surface area contributed by atoms with E-state index in [1.165, 1.54) is 0 Å². The Kier molecular flexibility index (Phi) is 8.48. The number of likely N-dealkylation sites (tertiary alicyclic amines) is 1. The number of hydrogen-bond donors (Lipinski definition) is 1. The fourth-order valence-corrected chi connectivity index (χ4v) is 3.59. The fourth-order valence-electron chi connectivity index (χ4n) is 3.59. The lowest BCUT2D eigenvalue weighted by atomic mass is 10.1. The summed E-state index contributed by atoms with van der Waals surface area (Å²) in [4.78, 5) is 41.1. The molecular formula is C22H33N3O3. The minimum Gasteiger partial charge on any atom is -0.343 e. The predicted octanol–water partition coefficient (Wildman–Crippen LogP) is 3.60. The van der Waals surface area contributed by atoms with Gasteiger partial charge in [0.15, 0.2) is 0 Å². The van der Waals surface area contributed by atoms with Crippen LogP contribution in [0, 0.1) is 6.92 Å². The molecule has 0 saturated carbocycles. The first-order valence-electron chi connectivity index (χ1n) is 10.4. The minimum atomic E-state index is -0.199. The van der Waals surface area contributed by atoms with Gasteiger partial charge in [-0.3, -0.25) is 14.4 Å². The zero-order valence-electron chi connectivity index (χ0n) is 17.4. The second-order valence-corrected chi connectivity index (χ2v) is 7.41. The third-order valence-corrected chi connectivity index (χ3v) is 5.14. The van der Waals surface area contributed by atoms with Gasteiger partial charge in [-0.2, -0.15) is 0 Å². The van der Waals surface area contributed by atoms with Crippen molar-refractivity contribution in [2.75, 3.05) is 31.5 Å². The van der Waals surface area contributed by atoms with Gasteiger partial charge in [-0.05, 0) is 50.3 Å². The van der Waals surface area contributed by atoms with Crippen molar-refractivity contribution in [3.05, 3.63) is 29.3 Å². The average Bonchev–Trinajstić information content (AvgIpc) is 3.22. The number of nitrogens with zero attached hydrogens (tertiary/aromatic N) is 2. The van der Waals surface area contributed by atoms with Crippen molar-refractivity contribution < 1.29 is 14.4 Å². The molecule has 1 N–H and O–H groups in total. The van der Waals surface area contributed by atoms with Crippen LogP contribution in [0.5, 0.6) is 0 Å². The Hall–Kier alpha value is -2.37. The van der Waals surface area contributed by atoms with E-state index in [0.29, 0.717) is 11.3 Å². The van der Waals surface area contributed by atoms with Crippen LogP contribution in [0.15, 0.2) is 18.2 Å². The highest BCUT2D eigenvalue weighted by atomic mass is 16.2. The number of anilines is 1. The molecule has 1 aromatic carbocycles. The zero-order valence-corrected chi connectivity index (χ0v) is 17.4. The van der Waals surface area contributed by atoms with E-state index < -0.39 is 0 Å². The minimum absolute atomic E-state index is 0.0218. The van der Waals surface area contributed by atoms with Gasteiger partial charge >= 0.3 is 0 Å². The van der Waals surface area contributed by atoms with Gasteiger partial charge in [-0.1, -0.05) is 19.9 Å². The van der Waals surface area contributed by atoms with Crippen LogP contribution < -0.4 is 5.32 Å². The summed E-state index contributed by atoms with van der Waals surface area (Å²) in [6.45, 7) is 8.99. The lowest BCUT2D eigenvalue weighted by Gasteiger charge is -2.21. The molecule has 0 aliphatic carbocycles. The molecule has 1 heterocycles. The Bertz CT molecular complexity index is 690. The zero-order chi connectivity index (χ0) is 20.5. The molecule has 0 unspecified atom stereocenters. The highest BCUT2D eigenvalue weighted by molar-refractivity contribution is 6.00. The van der Waals surface area contributed by atoms with Crippen molar-refractivity contribution in [1.82, 2.24) is 9.80 Å². The smallest absolute Gasteiger partial charge is 0.254 e. The SMILES string of the molecule is CCCN(CCC)C(=O)CCC(=O)Nc1cccc(C(=O)N2CCCC2)c1C. The fraction of sp³-hybridized carbons (Fsp3) is 0.591. The summed E-state index contributed by atoms with van der Waals surface area (Å²) in [6.07, 6.45) is 4.26. The molecule has 0 radical (unpaired) electrons. The van der Waals surface area contributed by atoms with Gasteiger partial charge in [0, 0.05) is 50.3 Å². The topological polar surface area (TPSA) is 69.7 Å². The number of hydrogen-bond acceptors (Lipinski definition) is 3. The van der Waals surface area contributed by atoms with E-state index in [1.807, 2.05) is 36.6 Å². The van der Waals surface area contributed by atoms with Crippen LogP contribution in [0.3, 0.4) is 0 Å². The van der Waals surface area contributed by atoms with Gasteiger partial charge in [0.05, 0.1) is 0 Å². The van der Waals surface area contributed by atoms with Gasteiger partial charge in [0.2, 0.25) is 11.8 Å². The number of nitrogens with one attached hydrogen (secondary N) is 1. The van der Waals surface area contributed by atoms with Crippen LogP contribution >= 0.6 is 0 Å². The molecule has 1 fully saturated rings. The molecule has 3 amide bonds. The second-order valence-electron chi connectivity index (χ2n) is 7.41. The van der Waals surface area contributed by atoms with E-state index in [-0.39, 0.29) is 30.6 Å². The maximum Gasteiger partial charge on any atom is 0.254 e. The van der Waals surface area contributed by atoms with Gasteiger partial charge < -0.3 is 15.1 Å². The van der Waals surface area contributed by atoms with Crippen molar-refractivity contribution in [2.45, 2.75) is 59.3 Å². The predicted molar refractivity (Wildman–Crippen MR) is 111 cm³/mol. The van der Waals surface area contributed by atoms with E-state index in [0.717, 1.165) is 57.4 Å². The van der Waals surface area contributed by atoms with Gasteiger partial charge in [-0.15, -0.1) is 0 Å². The lowest BCUT2D eigenvalue weighted by Crippen LogP contribution is -2.33. The Labute approximate surface area is 168 Å². The molecule has 6 nitrogen and oxygen atoms in total. The first-order chi connectivity index (χ1) is 13.5. The van der Waals surface area contributed by atoms with Crippen LogP contribution in [0.4, 0.5) is 5.69 Å². The molecule has 28 heavy (non-hydrogen) atoms. The van der Waals surface area contributed by atoms with Crippen LogP contribution in [0.1, 0.15) is 68.3 Å². The Morgan fingerprint density at radius 3 is 2.29 bits per heavy atom. The normalized spacial score (nSPS) is 13.5. The standard InChI is InChI=1S/C22H33N3O3/c1-4-13-24(14-5-2)21(27)12-11-20(26)23-19-10-8-9-18(17(19)3)22(28)25-15-6-7-16-25/h8-10H,4-7,11-16H2,1-3H3,(H,23,26). The molecule has 6 heteroatoms. The van der Waals surface area contributed by atoms with Crippen LogP contribution in [0.2, 0.25) is 0 Å². The summed E-state index contributed by atoms with van der Waals surface area (Å²) >= 11 is 0. The maximum atomic E-state index is 12.7. The van der Waals surface area contributed by atoms with E-state index >= 15 is 0 Å². The maximum absolute atomic E-state index is 12.7. The van der Waals surface area contributed by atoms with Crippen molar-refractivity contribution in [3.8, 4) is 0 Å². The number of benzene rings is 1. The number of amides is 3. The number of carbonyl (C=O) groups is 3. The first-order valence-corrected chi connectivity index (χ1v) is 10.4. The third kappa shape index (κ3) is 5.81. The molecule has 1 aromatic rings. The van der Waals surface area contributed by atoms with E-state index in [1.54, 1.807) is 12.1 Å². The van der Waals surface area contributed by atoms with Crippen LogP contribution in [-0.2, 0) is 9.59 Å². The lowest BCUT2D eigenvalue weighted by molar-refractivity contribution is -0.132. The Balaban J connectivity index is 1.95. The Morgan fingerprint density at radius 1 is 1.04 bits per heavy atom. The van der Waals surface area contributed by atoms with Gasteiger partial charge in [-0.25, -0.2) is 0 Å². The van der Waals surface area contributed by atoms with Gasteiger partial charge in [0.25, 0.3) is 5.91 Å². The largest absolute Gasteiger partial charge is 0.343 e. The average molecular weight is 388 g/mol. The molecule has 0 bridgehead atoms. The Morgan fingerprint density at radius 2 is 1.68 bits per heavy atom. The molecular weight excluding hydrogens is 354 g/mol. The summed E-state index contributed by atoms with van der Waals surface area (Å²) in [5.41, 5.74) is 2.05. The van der Waals surface area contributed by atoms with Crippen molar-refractivity contribution in [1.29, 1.82) is 0 Å². The van der Waals surface area contributed by atoms with Crippen molar-refractivity contribution in [2.24, 2.45) is 0 Å². The molecule has 0 atom stereocenters. The number of rotatable bonds is 9. The van der Waals surface area contributed by atoms with Crippen LogP contribution in [-0.4, -0.2) is 53.7 Å².